The van der Waals surface area contributed by atoms with Crippen molar-refractivity contribution < 1.29 is 9.53 Å². The van der Waals surface area contributed by atoms with Crippen molar-refractivity contribution in [3.8, 4) is 5.69 Å². The summed E-state index contributed by atoms with van der Waals surface area (Å²) < 4.78 is 7.56. The molecule has 1 aromatic carbocycles. The Balaban J connectivity index is 1.56. The first-order valence-corrected chi connectivity index (χ1v) is 8.99. The van der Waals surface area contributed by atoms with Crippen molar-refractivity contribution in [2.24, 2.45) is 5.41 Å². The summed E-state index contributed by atoms with van der Waals surface area (Å²) >= 11 is 0. The van der Waals surface area contributed by atoms with Crippen LogP contribution in [-0.2, 0) is 4.74 Å². The number of amides is 1. The van der Waals surface area contributed by atoms with Gasteiger partial charge in [0.15, 0.2) is 0 Å². The number of carbonyl (C=O) groups is 1. The standard InChI is InChI=1S/C19H24N4O2/c1-25-17-7-3-8-19(17)9-4-10-22(12-19)18(24)15-5-2-6-16(11-15)23-13-20-21-14-23/h2,5-6,11,13-14,17H,3-4,7-10,12H2,1H3/t17-,19-/m1/s1. The van der Waals surface area contributed by atoms with Crippen LogP contribution in [0.5, 0.6) is 0 Å². The molecule has 2 atom stereocenters. The van der Waals surface area contributed by atoms with E-state index in [1.165, 1.54) is 6.42 Å². The maximum absolute atomic E-state index is 13.1. The Hall–Kier alpha value is -2.21. The summed E-state index contributed by atoms with van der Waals surface area (Å²) in [5.41, 5.74) is 1.77. The molecule has 2 fully saturated rings. The molecule has 1 saturated heterocycles. The quantitative estimate of drug-likeness (QED) is 0.862. The van der Waals surface area contributed by atoms with Gasteiger partial charge < -0.3 is 9.64 Å². The molecular formula is C19H24N4O2. The Labute approximate surface area is 147 Å². The highest BCUT2D eigenvalue weighted by molar-refractivity contribution is 5.94. The smallest absolute Gasteiger partial charge is 0.253 e. The van der Waals surface area contributed by atoms with Gasteiger partial charge >= 0.3 is 0 Å². The van der Waals surface area contributed by atoms with E-state index < -0.39 is 0 Å². The highest BCUT2D eigenvalue weighted by atomic mass is 16.5. The minimum absolute atomic E-state index is 0.107. The summed E-state index contributed by atoms with van der Waals surface area (Å²) in [6.45, 7) is 1.63. The number of hydrogen-bond donors (Lipinski definition) is 0. The Bertz CT molecular complexity index is 746. The summed E-state index contributed by atoms with van der Waals surface area (Å²) in [4.78, 5) is 15.1. The summed E-state index contributed by atoms with van der Waals surface area (Å²) in [7, 11) is 1.81. The fourth-order valence-corrected chi connectivity index (χ4v) is 4.59. The number of carbonyl (C=O) groups excluding carboxylic acids is 1. The lowest BCUT2D eigenvalue weighted by Crippen LogP contribution is -2.49. The second kappa shape index (κ2) is 6.59. The van der Waals surface area contributed by atoms with Crippen molar-refractivity contribution >= 4 is 5.91 Å². The highest BCUT2D eigenvalue weighted by Gasteiger charge is 2.46. The third-order valence-electron chi connectivity index (χ3n) is 5.81. The third kappa shape index (κ3) is 2.95. The van der Waals surface area contributed by atoms with Crippen LogP contribution in [-0.4, -0.2) is 51.9 Å². The first kappa shape index (κ1) is 16.3. The van der Waals surface area contributed by atoms with Crippen molar-refractivity contribution in [2.75, 3.05) is 20.2 Å². The topological polar surface area (TPSA) is 60.2 Å². The number of piperidine rings is 1. The second-order valence-corrected chi connectivity index (χ2v) is 7.23. The predicted molar refractivity (Wildman–Crippen MR) is 93.6 cm³/mol. The normalized spacial score (nSPS) is 26.3. The molecule has 0 bridgehead atoms. The van der Waals surface area contributed by atoms with Gasteiger partial charge in [-0.2, -0.15) is 0 Å². The van der Waals surface area contributed by atoms with E-state index in [2.05, 4.69) is 10.2 Å². The van der Waals surface area contributed by atoms with Crippen LogP contribution in [0.1, 0.15) is 42.5 Å². The molecular weight excluding hydrogens is 316 g/mol. The maximum Gasteiger partial charge on any atom is 0.253 e. The number of hydrogen-bond acceptors (Lipinski definition) is 4. The van der Waals surface area contributed by atoms with Gasteiger partial charge in [0.25, 0.3) is 5.91 Å². The van der Waals surface area contributed by atoms with Crippen LogP contribution in [0.3, 0.4) is 0 Å². The number of nitrogens with zero attached hydrogens (tertiary/aromatic N) is 4. The maximum atomic E-state index is 13.1. The molecule has 1 spiro atoms. The van der Waals surface area contributed by atoms with Gasteiger partial charge in [0.05, 0.1) is 6.10 Å². The van der Waals surface area contributed by atoms with Crippen molar-refractivity contribution in [1.29, 1.82) is 0 Å². The molecule has 1 saturated carbocycles. The number of benzene rings is 1. The molecule has 1 aliphatic heterocycles. The van der Waals surface area contributed by atoms with E-state index in [0.29, 0.717) is 0 Å². The van der Waals surface area contributed by atoms with Gasteiger partial charge in [0, 0.05) is 36.9 Å². The Kier molecular flexibility index (Phi) is 4.29. The van der Waals surface area contributed by atoms with E-state index in [0.717, 1.165) is 50.0 Å². The summed E-state index contributed by atoms with van der Waals surface area (Å²) in [5.74, 6) is 0.107. The molecule has 6 heteroatoms. The van der Waals surface area contributed by atoms with Gasteiger partial charge in [0.2, 0.25) is 0 Å². The van der Waals surface area contributed by atoms with E-state index in [1.807, 2.05) is 33.7 Å². The fourth-order valence-electron chi connectivity index (χ4n) is 4.59. The highest BCUT2D eigenvalue weighted by Crippen LogP contribution is 2.46. The number of likely N-dealkylation sites (tertiary alicyclic amines) is 1. The second-order valence-electron chi connectivity index (χ2n) is 7.23. The number of rotatable bonds is 3. The van der Waals surface area contributed by atoms with E-state index in [4.69, 9.17) is 4.74 Å². The Morgan fingerprint density at radius 3 is 2.84 bits per heavy atom. The monoisotopic (exact) mass is 340 g/mol. The molecule has 2 heterocycles. The van der Waals surface area contributed by atoms with Crippen molar-refractivity contribution in [2.45, 2.75) is 38.2 Å². The van der Waals surface area contributed by atoms with Crippen LogP contribution < -0.4 is 0 Å². The SMILES string of the molecule is CO[C@@H]1CCC[C@]12CCCN(C(=O)c1cccc(-n3cnnc3)c1)C2. The Morgan fingerprint density at radius 1 is 1.24 bits per heavy atom. The van der Waals surface area contributed by atoms with E-state index in [1.54, 1.807) is 19.8 Å². The van der Waals surface area contributed by atoms with Gasteiger partial charge in [-0.3, -0.25) is 9.36 Å². The number of ether oxygens (including phenoxy) is 1. The van der Waals surface area contributed by atoms with Crippen LogP contribution in [0.25, 0.3) is 5.69 Å². The molecule has 2 aliphatic rings. The van der Waals surface area contributed by atoms with Crippen LogP contribution in [0.4, 0.5) is 0 Å². The van der Waals surface area contributed by atoms with E-state index in [9.17, 15) is 4.79 Å². The Morgan fingerprint density at radius 2 is 2.04 bits per heavy atom. The van der Waals surface area contributed by atoms with E-state index in [-0.39, 0.29) is 17.4 Å². The molecule has 1 aromatic heterocycles. The number of methoxy groups -OCH3 is 1. The van der Waals surface area contributed by atoms with Gasteiger partial charge in [0.1, 0.15) is 12.7 Å². The average Bonchev–Trinajstić information content (AvgIpc) is 3.31. The zero-order valence-corrected chi connectivity index (χ0v) is 14.6. The first-order chi connectivity index (χ1) is 12.2. The minimum Gasteiger partial charge on any atom is -0.381 e. The van der Waals surface area contributed by atoms with Crippen molar-refractivity contribution in [3.63, 3.8) is 0 Å². The third-order valence-corrected chi connectivity index (χ3v) is 5.81. The molecule has 132 valence electrons. The van der Waals surface area contributed by atoms with Gasteiger partial charge in [-0.05, 0) is 43.9 Å². The molecule has 4 rings (SSSR count). The number of aromatic nitrogens is 3. The largest absolute Gasteiger partial charge is 0.381 e. The fraction of sp³-hybridized carbons (Fsp3) is 0.526. The lowest BCUT2D eigenvalue weighted by Gasteiger charge is -2.43. The minimum atomic E-state index is 0.107. The molecule has 6 nitrogen and oxygen atoms in total. The molecule has 0 unspecified atom stereocenters. The molecule has 0 radical (unpaired) electrons. The average molecular weight is 340 g/mol. The van der Waals surface area contributed by atoms with Crippen molar-refractivity contribution in [1.82, 2.24) is 19.7 Å². The zero-order valence-electron chi connectivity index (χ0n) is 14.6. The summed E-state index contributed by atoms with van der Waals surface area (Å²) in [6.07, 6.45) is 9.25. The molecule has 25 heavy (non-hydrogen) atoms. The van der Waals surface area contributed by atoms with Crippen LogP contribution in [0, 0.1) is 5.41 Å². The molecule has 1 amide bonds. The summed E-state index contributed by atoms with van der Waals surface area (Å²) in [5, 5.41) is 7.66. The summed E-state index contributed by atoms with van der Waals surface area (Å²) in [6, 6.07) is 7.67. The van der Waals surface area contributed by atoms with E-state index >= 15 is 0 Å². The molecule has 1 aliphatic carbocycles. The molecule has 0 N–H and O–H groups in total. The lowest BCUT2D eigenvalue weighted by atomic mass is 9.76. The first-order valence-electron chi connectivity index (χ1n) is 8.99. The van der Waals surface area contributed by atoms with Crippen molar-refractivity contribution in [3.05, 3.63) is 42.5 Å². The van der Waals surface area contributed by atoms with Crippen LogP contribution in [0.15, 0.2) is 36.9 Å². The van der Waals surface area contributed by atoms with Gasteiger partial charge in [-0.25, -0.2) is 0 Å². The lowest BCUT2D eigenvalue weighted by molar-refractivity contribution is -0.0295. The zero-order chi connectivity index (χ0) is 17.3. The van der Waals surface area contributed by atoms with Gasteiger partial charge in [-0.1, -0.05) is 12.5 Å². The van der Waals surface area contributed by atoms with Gasteiger partial charge in [-0.15, -0.1) is 10.2 Å². The van der Waals surface area contributed by atoms with Crippen LogP contribution in [0.2, 0.25) is 0 Å². The van der Waals surface area contributed by atoms with Crippen LogP contribution >= 0.6 is 0 Å². The predicted octanol–water partition coefficient (Wildman–Crippen LogP) is 2.69. The molecule has 2 aromatic rings.